The van der Waals surface area contributed by atoms with E-state index in [1.54, 1.807) is 48.5 Å². The standard InChI is InChI=1S/C27H28N2O6/c1-18-14-19(2)16-22(15-18)35-21-10-8-20(9-11-21)28-25(30)12-13-27(32)34-17-26(31)29-23-6-4-5-7-24(23)33-3/h4-11,14-16H,12-13,17H2,1-3H3,(H,28,30)(H,29,31). The maximum absolute atomic E-state index is 12.2. The molecule has 8 heteroatoms. The highest BCUT2D eigenvalue weighted by molar-refractivity contribution is 5.95. The van der Waals surface area contributed by atoms with Crippen molar-refractivity contribution >= 4 is 29.2 Å². The molecule has 0 saturated carbocycles. The molecule has 0 heterocycles. The minimum Gasteiger partial charge on any atom is -0.495 e. The fourth-order valence-corrected chi connectivity index (χ4v) is 3.33. The maximum Gasteiger partial charge on any atom is 0.306 e. The Morgan fingerprint density at radius 2 is 1.46 bits per heavy atom. The van der Waals surface area contributed by atoms with Crippen LogP contribution >= 0.6 is 0 Å². The summed E-state index contributed by atoms with van der Waals surface area (Å²) >= 11 is 0. The summed E-state index contributed by atoms with van der Waals surface area (Å²) < 4.78 is 16.0. The first kappa shape index (κ1) is 25.3. The SMILES string of the molecule is COc1ccccc1NC(=O)COC(=O)CCC(=O)Nc1ccc(Oc2cc(C)cc(C)c2)cc1. The summed E-state index contributed by atoms with van der Waals surface area (Å²) in [5, 5.41) is 5.33. The third-order valence-electron chi connectivity index (χ3n) is 4.87. The number of hydrogen-bond donors (Lipinski definition) is 2. The van der Waals surface area contributed by atoms with Crippen molar-refractivity contribution in [2.45, 2.75) is 26.7 Å². The van der Waals surface area contributed by atoms with Crippen LogP contribution in [-0.4, -0.2) is 31.5 Å². The number of anilines is 2. The first-order valence-electron chi connectivity index (χ1n) is 11.1. The van der Waals surface area contributed by atoms with Gasteiger partial charge >= 0.3 is 5.97 Å². The van der Waals surface area contributed by atoms with E-state index in [0.29, 0.717) is 22.9 Å². The average Bonchev–Trinajstić information content (AvgIpc) is 2.82. The molecular formula is C27H28N2O6. The summed E-state index contributed by atoms with van der Waals surface area (Å²) in [6, 6.07) is 19.8. The number of carbonyl (C=O) groups is 3. The number of benzene rings is 3. The average molecular weight is 477 g/mol. The Bertz CT molecular complexity index is 1170. The lowest BCUT2D eigenvalue weighted by Crippen LogP contribution is -2.22. The Morgan fingerprint density at radius 1 is 0.771 bits per heavy atom. The van der Waals surface area contributed by atoms with Crippen LogP contribution < -0.4 is 20.1 Å². The molecule has 182 valence electrons. The molecule has 8 nitrogen and oxygen atoms in total. The van der Waals surface area contributed by atoms with Gasteiger partial charge in [-0.25, -0.2) is 0 Å². The smallest absolute Gasteiger partial charge is 0.306 e. The largest absolute Gasteiger partial charge is 0.495 e. The lowest BCUT2D eigenvalue weighted by molar-refractivity contribution is -0.147. The monoisotopic (exact) mass is 476 g/mol. The van der Waals surface area contributed by atoms with E-state index in [1.807, 2.05) is 26.0 Å². The van der Waals surface area contributed by atoms with E-state index in [9.17, 15) is 14.4 Å². The van der Waals surface area contributed by atoms with Gasteiger partial charge in [0.15, 0.2) is 6.61 Å². The van der Waals surface area contributed by atoms with Crippen molar-refractivity contribution in [2.75, 3.05) is 24.4 Å². The van der Waals surface area contributed by atoms with Gasteiger partial charge in [0.2, 0.25) is 5.91 Å². The van der Waals surface area contributed by atoms with E-state index in [1.165, 1.54) is 7.11 Å². The van der Waals surface area contributed by atoms with E-state index in [-0.39, 0.29) is 18.7 Å². The van der Waals surface area contributed by atoms with Gasteiger partial charge in [0.05, 0.1) is 19.2 Å². The van der Waals surface area contributed by atoms with Gasteiger partial charge in [-0.3, -0.25) is 14.4 Å². The van der Waals surface area contributed by atoms with E-state index in [4.69, 9.17) is 14.2 Å². The van der Waals surface area contributed by atoms with E-state index in [0.717, 1.165) is 16.9 Å². The van der Waals surface area contributed by atoms with Gasteiger partial charge in [0.25, 0.3) is 5.91 Å². The molecule has 0 aliphatic carbocycles. The predicted molar refractivity (Wildman–Crippen MR) is 133 cm³/mol. The molecule has 0 spiro atoms. The number of para-hydroxylation sites is 2. The molecule has 3 aromatic rings. The normalized spacial score (nSPS) is 10.3. The molecule has 0 radical (unpaired) electrons. The van der Waals surface area contributed by atoms with E-state index in [2.05, 4.69) is 16.7 Å². The fourth-order valence-electron chi connectivity index (χ4n) is 3.33. The van der Waals surface area contributed by atoms with Crippen LogP contribution in [0.4, 0.5) is 11.4 Å². The Hall–Kier alpha value is -4.33. The number of methoxy groups -OCH3 is 1. The third-order valence-corrected chi connectivity index (χ3v) is 4.87. The molecule has 2 amide bonds. The summed E-state index contributed by atoms with van der Waals surface area (Å²) in [6.45, 7) is 3.55. The van der Waals surface area contributed by atoms with Gasteiger partial charge < -0.3 is 24.8 Å². The zero-order valence-corrected chi connectivity index (χ0v) is 19.9. The van der Waals surface area contributed by atoms with Crippen molar-refractivity contribution in [2.24, 2.45) is 0 Å². The zero-order chi connectivity index (χ0) is 25.2. The van der Waals surface area contributed by atoms with Crippen LogP contribution in [0.3, 0.4) is 0 Å². The van der Waals surface area contributed by atoms with Gasteiger partial charge in [0, 0.05) is 12.1 Å². The predicted octanol–water partition coefficient (Wildman–Crippen LogP) is 5.00. The first-order chi connectivity index (χ1) is 16.8. The van der Waals surface area contributed by atoms with Gasteiger partial charge in [0.1, 0.15) is 17.2 Å². The molecule has 2 N–H and O–H groups in total. The second-order valence-corrected chi connectivity index (χ2v) is 7.91. The highest BCUT2D eigenvalue weighted by atomic mass is 16.5. The molecule has 0 atom stereocenters. The zero-order valence-electron chi connectivity index (χ0n) is 19.9. The number of esters is 1. The number of ether oxygens (including phenoxy) is 3. The summed E-state index contributed by atoms with van der Waals surface area (Å²) in [5.74, 6) is 0.387. The van der Waals surface area contributed by atoms with Crippen molar-refractivity contribution in [1.29, 1.82) is 0 Å². The van der Waals surface area contributed by atoms with E-state index < -0.39 is 18.5 Å². The van der Waals surface area contributed by atoms with Gasteiger partial charge in [-0.05, 0) is 73.5 Å². The molecule has 0 aromatic heterocycles. The number of rotatable bonds is 10. The molecule has 3 rings (SSSR count). The van der Waals surface area contributed by atoms with Gasteiger partial charge in [-0.15, -0.1) is 0 Å². The maximum atomic E-state index is 12.2. The Morgan fingerprint density at radius 3 is 2.14 bits per heavy atom. The number of nitrogens with one attached hydrogen (secondary N) is 2. The quantitative estimate of drug-likeness (QED) is 0.399. The molecule has 0 aliphatic heterocycles. The number of hydrogen-bond acceptors (Lipinski definition) is 6. The van der Waals surface area contributed by atoms with Crippen molar-refractivity contribution in [3.05, 3.63) is 77.9 Å². The number of carbonyl (C=O) groups excluding carboxylic acids is 3. The van der Waals surface area contributed by atoms with Crippen LogP contribution in [0.1, 0.15) is 24.0 Å². The third kappa shape index (κ3) is 8.19. The van der Waals surface area contributed by atoms with Crippen LogP contribution in [0.25, 0.3) is 0 Å². The van der Waals surface area contributed by atoms with Gasteiger partial charge in [-0.2, -0.15) is 0 Å². The fraction of sp³-hybridized carbons (Fsp3) is 0.222. The molecular weight excluding hydrogens is 448 g/mol. The summed E-state index contributed by atoms with van der Waals surface area (Å²) in [6.07, 6.45) is -0.227. The molecule has 0 aliphatic rings. The molecule has 0 saturated heterocycles. The van der Waals surface area contributed by atoms with Crippen molar-refractivity contribution < 1.29 is 28.6 Å². The highest BCUT2D eigenvalue weighted by Gasteiger charge is 2.12. The van der Waals surface area contributed by atoms with Crippen LogP contribution in [0, 0.1) is 13.8 Å². The summed E-state index contributed by atoms with van der Waals surface area (Å²) in [4.78, 5) is 36.1. The Balaban J connectivity index is 1.39. The minimum atomic E-state index is -0.646. The van der Waals surface area contributed by atoms with Gasteiger partial charge in [-0.1, -0.05) is 18.2 Å². The number of aryl methyl sites for hydroxylation is 2. The Kier molecular flexibility index (Phi) is 8.83. The van der Waals surface area contributed by atoms with Crippen LogP contribution in [-0.2, 0) is 19.1 Å². The second-order valence-electron chi connectivity index (χ2n) is 7.91. The second kappa shape index (κ2) is 12.2. The number of amides is 2. The minimum absolute atomic E-state index is 0.0756. The Labute approximate surface area is 204 Å². The van der Waals surface area contributed by atoms with Crippen molar-refractivity contribution in [3.8, 4) is 17.2 Å². The molecule has 0 fully saturated rings. The topological polar surface area (TPSA) is 103 Å². The van der Waals surface area contributed by atoms with Crippen LogP contribution in [0.2, 0.25) is 0 Å². The van der Waals surface area contributed by atoms with E-state index >= 15 is 0 Å². The first-order valence-corrected chi connectivity index (χ1v) is 11.1. The van der Waals surface area contributed by atoms with Crippen LogP contribution in [0.15, 0.2) is 66.7 Å². The highest BCUT2D eigenvalue weighted by Crippen LogP contribution is 2.25. The lowest BCUT2D eigenvalue weighted by atomic mass is 10.1. The molecule has 35 heavy (non-hydrogen) atoms. The molecule has 0 bridgehead atoms. The summed E-state index contributed by atoms with van der Waals surface area (Å²) in [7, 11) is 1.49. The van der Waals surface area contributed by atoms with Crippen molar-refractivity contribution in [1.82, 2.24) is 0 Å². The summed E-state index contributed by atoms with van der Waals surface area (Å²) in [5.41, 5.74) is 3.27. The lowest BCUT2D eigenvalue weighted by Gasteiger charge is -2.10. The van der Waals surface area contributed by atoms with Crippen LogP contribution in [0.5, 0.6) is 17.2 Å². The van der Waals surface area contributed by atoms with Crippen molar-refractivity contribution in [3.63, 3.8) is 0 Å². The molecule has 3 aromatic carbocycles. The molecule has 0 unspecified atom stereocenters.